The van der Waals surface area contributed by atoms with Crippen LogP contribution in [-0.2, 0) is 11.3 Å². The van der Waals surface area contributed by atoms with Crippen molar-refractivity contribution in [3.05, 3.63) is 58.1 Å². The average Bonchev–Trinajstić information content (AvgIpc) is 2.82. The number of piperidine rings is 1. The molecule has 7 heteroatoms. The molecule has 0 aliphatic carbocycles. The number of nitrogens with zero attached hydrogens (tertiary/aromatic N) is 2. The zero-order valence-electron chi connectivity index (χ0n) is 18.3. The molecule has 3 rings (SSSR count). The van der Waals surface area contributed by atoms with Gasteiger partial charge in [-0.3, -0.25) is 9.59 Å². The minimum absolute atomic E-state index is 0.0241. The van der Waals surface area contributed by atoms with Crippen LogP contribution in [0.1, 0.15) is 35.7 Å². The Labute approximate surface area is 192 Å². The summed E-state index contributed by atoms with van der Waals surface area (Å²) in [7, 11) is 3.21. The third-order valence-corrected chi connectivity index (χ3v) is 6.27. The molecular weight excluding hydrogens is 460 g/mol. The number of likely N-dealkylation sites (tertiary alicyclic amines) is 1. The van der Waals surface area contributed by atoms with Crippen LogP contribution in [0.25, 0.3) is 0 Å². The van der Waals surface area contributed by atoms with Crippen LogP contribution < -0.4 is 9.47 Å². The van der Waals surface area contributed by atoms with Crippen molar-refractivity contribution in [2.24, 2.45) is 5.92 Å². The zero-order chi connectivity index (χ0) is 22.4. The molecule has 1 saturated heterocycles. The molecule has 6 nitrogen and oxygen atoms in total. The minimum atomic E-state index is -0.0611. The Kier molecular flexibility index (Phi) is 7.96. The van der Waals surface area contributed by atoms with Gasteiger partial charge >= 0.3 is 0 Å². The number of rotatable bonds is 7. The molecule has 2 aromatic carbocycles. The molecule has 1 aliphatic heterocycles. The summed E-state index contributed by atoms with van der Waals surface area (Å²) in [4.78, 5) is 29.6. The van der Waals surface area contributed by atoms with Gasteiger partial charge in [0.1, 0.15) is 0 Å². The first-order valence-electron chi connectivity index (χ1n) is 10.5. The van der Waals surface area contributed by atoms with E-state index in [0.29, 0.717) is 56.1 Å². The van der Waals surface area contributed by atoms with Crippen LogP contribution in [0.2, 0.25) is 0 Å². The molecule has 1 heterocycles. The predicted octanol–water partition coefficient (Wildman–Crippen LogP) is 4.37. The van der Waals surface area contributed by atoms with Crippen molar-refractivity contribution in [3.63, 3.8) is 0 Å². The largest absolute Gasteiger partial charge is 0.493 e. The fourth-order valence-corrected chi connectivity index (χ4v) is 4.17. The normalized spacial score (nSPS) is 14.3. The summed E-state index contributed by atoms with van der Waals surface area (Å²) >= 11 is 3.39. The van der Waals surface area contributed by atoms with Crippen LogP contribution >= 0.6 is 15.9 Å². The van der Waals surface area contributed by atoms with Crippen LogP contribution in [0, 0.1) is 5.92 Å². The van der Waals surface area contributed by atoms with Gasteiger partial charge in [0.2, 0.25) is 5.91 Å². The highest BCUT2D eigenvalue weighted by atomic mass is 79.9. The standard InChI is InChI=1S/C24H29BrN2O4/c1-4-26(16-17-5-10-21(30-2)22(15-17)31-3)23(28)19-11-13-27(14-12-19)24(29)18-6-8-20(25)9-7-18/h5-10,15,19H,4,11-14,16H2,1-3H3. The van der Waals surface area contributed by atoms with E-state index in [1.54, 1.807) is 14.2 Å². The third kappa shape index (κ3) is 5.58. The lowest BCUT2D eigenvalue weighted by atomic mass is 9.94. The van der Waals surface area contributed by atoms with Gasteiger partial charge in [-0.15, -0.1) is 0 Å². The highest BCUT2D eigenvalue weighted by molar-refractivity contribution is 9.10. The number of benzene rings is 2. The van der Waals surface area contributed by atoms with Crippen LogP contribution in [0.4, 0.5) is 0 Å². The fourth-order valence-electron chi connectivity index (χ4n) is 3.91. The van der Waals surface area contributed by atoms with Crippen molar-refractivity contribution < 1.29 is 19.1 Å². The molecule has 1 fully saturated rings. The first-order valence-corrected chi connectivity index (χ1v) is 11.3. The van der Waals surface area contributed by atoms with Crippen LogP contribution in [-0.4, -0.2) is 55.5 Å². The Morgan fingerprint density at radius 1 is 1.03 bits per heavy atom. The predicted molar refractivity (Wildman–Crippen MR) is 123 cm³/mol. The van der Waals surface area contributed by atoms with Crippen molar-refractivity contribution in [2.75, 3.05) is 33.9 Å². The van der Waals surface area contributed by atoms with Gasteiger partial charge in [-0.25, -0.2) is 0 Å². The number of carbonyl (C=O) groups excluding carboxylic acids is 2. The van der Waals surface area contributed by atoms with Gasteiger partial charge < -0.3 is 19.3 Å². The maximum absolute atomic E-state index is 13.2. The van der Waals surface area contributed by atoms with Crippen LogP contribution in [0.5, 0.6) is 11.5 Å². The van der Waals surface area contributed by atoms with Gasteiger partial charge in [0, 0.05) is 42.1 Å². The molecule has 2 aromatic rings. The van der Waals surface area contributed by atoms with Crippen molar-refractivity contribution in [2.45, 2.75) is 26.3 Å². The topological polar surface area (TPSA) is 59.1 Å². The summed E-state index contributed by atoms with van der Waals surface area (Å²) in [5, 5.41) is 0. The van der Waals surface area contributed by atoms with E-state index in [2.05, 4.69) is 15.9 Å². The van der Waals surface area contributed by atoms with E-state index in [1.165, 1.54) is 0 Å². The SMILES string of the molecule is CCN(Cc1ccc(OC)c(OC)c1)C(=O)C1CCN(C(=O)c2ccc(Br)cc2)CC1. The second-order valence-electron chi connectivity index (χ2n) is 7.62. The van der Waals surface area contributed by atoms with E-state index in [9.17, 15) is 9.59 Å². The molecule has 0 unspecified atom stereocenters. The molecule has 0 saturated carbocycles. The number of carbonyl (C=O) groups is 2. The number of ether oxygens (including phenoxy) is 2. The zero-order valence-corrected chi connectivity index (χ0v) is 19.9. The Balaban J connectivity index is 1.59. The number of hydrogen-bond acceptors (Lipinski definition) is 4. The molecule has 2 amide bonds. The summed E-state index contributed by atoms with van der Waals surface area (Å²) in [5.41, 5.74) is 1.67. The monoisotopic (exact) mass is 488 g/mol. The second kappa shape index (κ2) is 10.7. The molecule has 0 aromatic heterocycles. The number of hydrogen-bond donors (Lipinski definition) is 0. The summed E-state index contributed by atoms with van der Waals surface area (Å²) in [6.45, 7) is 4.34. The van der Waals surface area contributed by atoms with Gasteiger partial charge in [-0.2, -0.15) is 0 Å². The quantitative estimate of drug-likeness (QED) is 0.580. The first kappa shape index (κ1) is 23.1. The third-order valence-electron chi connectivity index (χ3n) is 5.74. The molecular formula is C24H29BrN2O4. The maximum Gasteiger partial charge on any atom is 0.253 e. The minimum Gasteiger partial charge on any atom is -0.493 e. The molecule has 166 valence electrons. The summed E-state index contributed by atoms with van der Waals surface area (Å²) in [6, 6.07) is 13.1. The lowest BCUT2D eigenvalue weighted by molar-refractivity contribution is -0.137. The maximum atomic E-state index is 13.2. The summed E-state index contributed by atoms with van der Waals surface area (Å²) in [6.07, 6.45) is 1.37. The van der Waals surface area contributed by atoms with Gasteiger partial charge in [-0.1, -0.05) is 22.0 Å². The Hall–Kier alpha value is -2.54. The molecule has 31 heavy (non-hydrogen) atoms. The second-order valence-corrected chi connectivity index (χ2v) is 8.53. The number of halogens is 1. The summed E-state index contributed by atoms with van der Waals surface area (Å²) < 4.78 is 11.6. The summed E-state index contributed by atoms with van der Waals surface area (Å²) in [5.74, 6) is 1.44. The number of amides is 2. The van der Waals surface area contributed by atoms with Crippen LogP contribution in [0.15, 0.2) is 46.9 Å². The molecule has 0 bridgehead atoms. The van der Waals surface area contributed by atoms with E-state index in [0.717, 1.165) is 10.0 Å². The highest BCUT2D eigenvalue weighted by Crippen LogP contribution is 2.29. The molecule has 1 aliphatic rings. The lowest BCUT2D eigenvalue weighted by Crippen LogP contribution is -2.44. The highest BCUT2D eigenvalue weighted by Gasteiger charge is 2.30. The van der Waals surface area contributed by atoms with Crippen molar-refractivity contribution >= 4 is 27.7 Å². The Morgan fingerprint density at radius 2 is 1.68 bits per heavy atom. The van der Waals surface area contributed by atoms with Gasteiger partial charge in [0.15, 0.2) is 11.5 Å². The Morgan fingerprint density at radius 3 is 2.26 bits per heavy atom. The Bertz CT molecular complexity index is 908. The van der Waals surface area contributed by atoms with Crippen molar-refractivity contribution in [1.29, 1.82) is 0 Å². The smallest absolute Gasteiger partial charge is 0.253 e. The van der Waals surface area contributed by atoms with E-state index >= 15 is 0 Å². The fraction of sp³-hybridized carbons (Fsp3) is 0.417. The lowest BCUT2D eigenvalue weighted by Gasteiger charge is -2.34. The van der Waals surface area contributed by atoms with Gasteiger partial charge in [-0.05, 0) is 61.7 Å². The van der Waals surface area contributed by atoms with E-state index < -0.39 is 0 Å². The van der Waals surface area contributed by atoms with Gasteiger partial charge in [0.25, 0.3) is 5.91 Å². The van der Waals surface area contributed by atoms with Crippen molar-refractivity contribution in [3.8, 4) is 11.5 Å². The van der Waals surface area contributed by atoms with Crippen LogP contribution in [0.3, 0.4) is 0 Å². The van der Waals surface area contributed by atoms with Gasteiger partial charge in [0.05, 0.1) is 14.2 Å². The number of methoxy groups -OCH3 is 2. The van der Waals surface area contributed by atoms with E-state index in [4.69, 9.17) is 9.47 Å². The molecule has 0 spiro atoms. The molecule has 0 N–H and O–H groups in total. The molecule has 0 radical (unpaired) electrons. The first-order chi connectivity index (χ1) is 15.0. The van der Waals surface area contributed by atoms with Crippen molar-refractivity contribution in [1.82, 2.24) is 9.80 Å². The van der Waals surface area contributed by atoms with E-state index in [-0.39, 0.29) is 17.7 Å². The average molecular weight is 489 g/mol. The van der Waals surface area contributed by atoms with E-state index in [1.807, 2.05) is 59.2 Å². The molecule has 0 atom stereocenters.